The van der Waals surface area contributed by atoms with Crippen molar-refractivity contribution >= 4 is 11.6 Å². The van der Waals surface area contributed by atoms with Crippen molar-refractivity contribution in [3.05, 3.63) is 11.4 Å². The molecule has 20 heavy (non-hydrogen) atoms. The Balaban J connectivity index is 1.68. The fourth-order valence-corrected chi connectivity index (χ4v) is 3.51. The number of nitrogen functional groups attached to an aromatic ring is 1. The molecule has 1 aliphatic heterocycles. The van der Waals surface area contributed by atoms with Gasteiger partial charge < -0.3 is 10.6 Å². The molecule has 2 N–H and O–H groups in total. The maximum atomic E-state index is 5.97. The van der Waals surface area contributed by atoms with Gasteiger partial charge in [0.05, 0.1) is 0 Å². The lowest BCUT2D eigenvalue weighted by Crippen LogP contribution is -2.50. The van der Waals surface area contributed by atoms with E-state index < -0.39 is 0 Å². The van der Waals surface area contributed by atoms with Crippen LogP contribution >= 0.6 is 0 Å². The van der Waals surface area contributed by atoms with Crippen molar-refractivity contribution < 1.29 is 0 Å². The smallest absolute Gasteiger partial charge is 0.137 e. The van der Waals surface area contributed by atoms with Crippen LogP contribution in [-0.4, -0.2) is 47.1 Å². The molecule has 0 radical (unpaired) electrons. The molecule has 2 fully saturated rings. The quantitative estimate of drug-likeness (QED) is 0.891. The predicted molar refractivity (Wildman–Crippen MR) is 82.0 cm³/mol. The highest BCUT2D eigenvalue weighted by atomic mass is 15.3. The molecule has 0 unspecified atom stereocenters. The molecule has 1 aromatic rings. The number of aryl methyl sites for hydroxylation is 1. The third kappa shape index (κ3) is 2.59. The number of nitrogens with zero attached hydrogens (tertiary/aromatic N) is 4. The maximum absolute atomic E-state index is 5.97. The molecular formula is C15H25N5. The first-order valence-corrected chi connectivity index (χ1v) is 7.75. The summed E-state index contributed by atoms with van der Waals surface area (Å²) < 4.78 is 0. The van der Waals surface area contributed by atoms with Crippen LogP contribution in [0.15, 0.2) is 0 Å². The van der Waals surface area contributed by atoms with Crippen LogP contribution in [0.25, 0.3) is 0 Å². The summed E-state index contributed by atoms with van der Waals surface area (Å²) in [5.41, 5.74) is 6.99. The third-order valence-electron chi connectivity index (χ3n) is 4.72. The third-order valence-corrected chi connectivity index (χ3v) is 4.72. The first-order chi connectivity index (χ1) is 9.65. The fourth-order valence-electron chi connectivity index (χ4n) is 3.51. The molecule has 0 amide bonds. The molecule has 2 heterocycles. The highest BCUT2D eigenvalue weighted by Gasteiger charge is 2.27. The molecule has 0 bridgehead atoms. The zero-order valence-corrected chi connectivity index (χ0v) is 12.6. The van der Waals surface area contributed by atoms with Gasteiger partial charge in [-0.05, 0) is 26.7 Å². The molecular weight excluding hydrogens is 250 g/mol. The van der Waals surface area contributed by atoms with E-state index in [2.05, 4.69) is 19.8 Å². The van der Waals surface area contributed by atoms with Crippen molar-refractivity contribution in [1.82, 2.24) is 14.9 Å². The van der Waals surface area contributed by atoms with Crippen LogP contribution < -0.4 is 10.6 Å². The van der Waals surface area contributed by atoms with Gasteiger partial charge in [-0.15, -0.1) is 0 Å². The number of aromatic nitrogens is 2. The van der Waals surface area contributed by atoms with Gasteiger partial charge in [0.1, 0.15) is 17.5 Å². The van der Waals surface area contributed by atoms with E-state index in [1.54, 1.807) is 0 Å². The molecule has 5 nitrogen and oxygen atoms in total. The monoisotopic (exact) mass is 275 g/mol. The Morgan fingerprint density at radius 1 is 1.00 bits per heavy atom. The van der Waals surface area contributed by atoms with Gasteiger partial charge in [0.25, 0.3) is 0 Å². The van der Waals surface area contributed by atoms with Gasteiger partial charge in [0, 0.05) is 37.8 Å². The number of piperazine rings is 1. The number of nitrogens with two attached hydrogens (primary N) is 1. The second-order valence-corrected chi connectivity index (χ2v) is 6.07. The molecule has 0 spiro atoms. The summed E-state index contributed by atoms with van der Waals surface area (Å²) in [6.45, 7) is 8.32. The molecule has 0 atom stereocenters. The largest absolute Gasteiger partial charge is 0.383 e. The average Bonchev–Trinajstić information content (AvgIpc) is 2.97. The standard InChI is InChI=1S/C15H25N5/c1-11-14(16)17-12(2)18-15(11)20-9-7-19(8-10-20)13-5-3-4-6-13/h13H,3-10H2,1-2H3,(H2,16,17,18). The van der Waals surface area contributed by atoms with E-state index in [-0.39, 0.29) is 0 Å². The van der Waals surface area contributed by atoms with Crippen molar-refractivity contribution in [1.29, 1.82) is 0 Å². The van der Waals surface area contributed by atoms with Crippen LogP contribution in [0, 0.1) is 13.8 Å². The van der Waals surface area contributed by atoms with Crippen molar-refractivity contribution in [2.45, 2.75) is 45.6 Å². The first kappa shape index (κ1) is 13.6. The number of hydrogen-bond donors (Lipinski definition) is 1. The van der Waals surface area contributed by atoms with Gasteiger partial charge in [-0.3, -0.25) is 4.90 Å². The number of anilines is 2. The van der Waals surface area contributed by atoms with Crippen LogP contribution in [0.2, 0.25) is 0 Å². The molecule has 1 aliphatic carbocycles. The van der Waals surface area contributed by atoms with Crippen LogP contribution in [0.4, 0.5) is 11.6 Å². The number of hydrogen-bond acceptors (Lipinski definition) is 5. The van der Waals surface area contributed by atoms with E-state index in [4.69, 9.17) is 5.73 Å². The van der Waals surface area contributed by atoms with Crippen LogP contribution in [0.1, 0.15) is 37.1 Å². The van der Waals surface area contributed by atoms with E-state index in [0.29, 0.717) is 5.82 Å². The Kier molecular flexibility index (Phi) is 3.78. The Labute approximate surface area is 121 Å². The van der Waals surface area contributed by atoms with E-state index in [0.717, 1.165) is 49.4 Å². The van der Waals surface area contributed by atoms with Gasteiger partial charge in [0.2, 0.25) is 0 Å². The van der Waals surface area contributed by atoms with Crippen molar-refractivity contribution in [2.75, 3.05) is 36.8 Å². The van der Waals surface area contributed by atoms with Crippen molar-refractivity contribution in [2.24, 2.45) is 0 Å². The molecule has 1 aromatic heterocycles. The molecule has 1 saturated heterocycles. The van der Waals surface area contributed by atoms with Gasteiger partial charge in [-0.25, -0.2) is 9.97 Å². The molecule has 0 aromatic carbocycles. The number of rotatable bonds is 2. The predicted octanol–water partition coefficient (Wildman–Crippen LogP) is 1.74. The second kappa shape index (κ2) is 5.56. The molecule has 1 saturated carbocycles. The van der Waals surface area contributed by atoms with E-state index in [1.807, 2.05) is 13.8 Å². The Hall–Kier alpha value is -1.36. The zero-order chi connectivity index (χ0) is 14.1. The molecule has 2 aliphatic rings. The minimum absolute atomic E-state index is 0.616. The minimum Gasteiger partial charge on any atom is -0.383 e. The molecule has 5 heteroatoms. The van der Waals surface area contributed by atoms with Gasteiger partial charge >= 0.3 is 0 Å². The summed E-state index contributed by atoms with van der Waals surface area (Å²) in [6.07, 6.45) is 5.59. The van der Waals surface area contributed by atoms with Crippen molar-refractivity contribution in [3.63, 3.8) is 0 Å². The summed E-state index contributed by atoms with van der Waals surface area (Å²) in [4.78, 5) is 13.9. The lowest BCUT2D eigenvalue weighted by atomic mass is 10.1. The highest BCUT2D eigenvalue weighted by molar-refractivity contribution is 5.56. The SMILES string of the molecule is Cc1nc(N)c(C)c(N2CCN(C3CCCC3)CC2)n1. The summed E-state index contributed by atoms with van der Waals surface area (Å²) in [5.74, 6) is 2.41. The van der Waals surface area contributed by atoms with Crippen molar-refractivity contribution in [3.8, 4) is 0 Å². The molecule has 110 valence electrons. The summed E-state index contributed by atoms with van der Waals surface area (Å²) in [5, 5.41) is 0. The van der Waals surface area contributed by atoms with E-state index in [1.165, 1.54) is 25.7 Å². The first-order valence-electron chi connectivity index (χ1n) is 7.75. The topological polar surface area (TPSA) is 58.3 Å². The van der Waals surface area contributed by atoms with E-state index >= 15 is 0 Å². The van der Waals surface area contributed by atoms with Gasteiger partial charge in [0.15, 0.2) is 0 Å². The Morgan fingerprint density at radius 2 is 1.65 bits per heavy atom. The van der Waals surface area contributed by atoms with Crippen LogP contribution in [0.3, 0.4) is 0 Å². The lowest BCUT2D eigenvalue weighted by molar-refractivity contribution is 0.187. The second-order valence-electron chi connectivity index (χ2n) is 6.07. The maximum Gasteiger partial charge on any atom is 0.137 e. The zero-order valence-electron chi connectivity index (χ0n) is 12.6. The van der Waals surface area contributed by atoms with Gasteiger partial charge in [-0.2, -0.15) is 0 Å². The Morgan fingerprint density at radius 3 is 2.30 bits per heavy atom. The molecule has 3 rings (SSSR count). The lowest BCUT2D eigenvalue weighted by Gasteiger charge is -2.39. The summed E-state index contributed by atoms with van der Waals surface area (Å²) >= 11 is 0. The average molecular weight is 275 g/mol. The Bertz CT molecular complexity index is 473. The highest BCUT2D eigenvalue weighted by Crippen LogP contribution is 2.27. The normalized spacial score (nSPS) is 21.6. The van der Waals surface area contributed by atoms with Crippen LogP contribution in [-0.2, 0) is 0 Å². The van der Waals surface area contributed by atoms with Gasteiger partial charge in [-0.1, -0.05) is 12.8 Å². The summed E-state index contributed by atoms with van der Waals surface area (Å²) in [7, 11) is 0. The summed E-state index contributed by atoms with van der Waals surface area (Å²) in [6, 6.07) is 0.829. The van der Waals surface area contributed by atoms with E-state index in [9.17, 15) is 0 Å². The van der Waals surface area contributed by atoms with Crippen LogP contribution in [0.5, 0.6) is 0 Å². The fraction of sp³-hybridized carbons (Fsp3) is 0.733. The minimum atomic E-state index is 0.616.